The lowest BCUT2D eigenvalue weighted by atomic mass is 10.3. The van der Waals surface area contributed by atoms with E-state index in [0.29, 0.717) is 0 Å². The lowest BCUT2D eigenvalue weighted by Crippen LogP contribution is -2.23. The summed E-state index contributed by atoms with van der Waals surface area (Å²) in [5, 5.41) is 8.71. The Balaban J connectivity index is 2.22. The SMILES string of the molecule is CCCC[N+]1=CN(CCO)CC1. The fourth-order valence-electron chi connectivity index (χ4n) is 1.43. The summed E-state index contributed by atoms with van der Waals surface area (Å²) in [5.41, 5.74) is 0. The lowest BCUT2D eigenvalue weighted by Gasteiger charge is -2.01. The Bertz CT molecular complexity index is 157. The van der Waals surface area contributed by atoms with Gasteiger partial charge in [-0.3, -0.25) is 9.48 Å². The summed E-state index contributed by atoms with van der Waals surface area (Å²) in [6, 6.07) is 0. The minimum Gasteiger partial charge on any atom is -0.392 e. The highest BCUT2D eigenvalue weighted by Gasteiger charge is 2.16. The molecule has 0 radical (unpaired) electrons. The number of aliphatic hydroxyl groups is 1. The first-order valence-corrected chi connectivity index (χ1v) is 4.80. The Morgan fingerprint density at radius 2 is 2.42 bits per heavy atom. The van der Waals surface area contributed by atoms with E-state index in [1.807, 2.05) is 0 Å². The Hall–Kier alpha value is -0.570. The van der Waals surface area contributed by atoms with Crippen LogP contribution in [0.4, 0.5) is 0 Å². The van der Waals surface area contributed by atoms with Gasteiger partial charge in [-0.05, 0) is 6.42 Å². The molecule has 3 heteroatoms. The lowest BCUT2D eigenvalue weighted by molar-refractivity contribution is -0.514. The Labute approximate surface area is 74.3 Å². The van der Waals surface area contributed by atoms with Crippen LogP contribution in [0.15, 0.2) is 0 Å². The molecule has 0 amide bonds. The third kappa shape index (κ3) is 2.81. The molecular formula is C9H19N2O+. The first kappa shape index (κ1) is 9.52. The van der Waals surface area contributed by atoms with E-state index in [2.05, 4.69) is 22.7 Å². The van der Waals surface area contributed by atoms with Crippen LogP contribution < -0.4 is 0 Å². The number of hydrogen-bond donors (Lipinski definition) is 1. The molecule has 1 rings (SSSR count). The third-order valence-electron chi connectivity index (χ3n) is 2.19. The molecule has 0 saturated heterocycles. The van der Waals surface area contributed by atoms with Gasteiger partial charge in [-0.2, -0.15) is 0 Å². The molecule has 0 unspecified atom stereocenters. The highest BCUT2D eigenvalue weighted by Crippen LogP contribution is 1.95. The number of unbranched alkanes of at least 4 members (excludes halogenated alkanes) is 1. The third-order valence-corrected chi connectivity index (χ3v) is 2.19. The monoisotopic (exact) mass is 171 g/mol. The highest BCUT2D eigenvalue weighted by atomic mass is 16.3. The molecule has 0 saturated carbocycles. The van der Waals surface area contributed by atoms with Crippen molar-refractivity contribution in [2.24, 2.45) is 0 Å². The molecular weight excluding hydrogens is 152 g/mol. The maximum absolute atomic E-state index is 8.71. The standard InChI is InChI=1S/C9H19N2O/c1-2-3-4-10-5-6-11(9-10)7-8-12/h9,12H,2-8H2,1H3/q+1. The van der Waals surface area contributed by atoms with Crippen molar-refractivity contribution in [3.8, 4) is 0 Å². The second-order valence-corrected chi connectivity index (χ2v) is 3.26. The highest BCUT2D eigenvalue weighted by molar-refractivity contribution is 5.50. The summed E-state index contributed by atoms with van der Waals surface area (Å²) in [7, 11) is 0. The number of nitrogens with zero attached hydrogens (tertiary/aromatic N) is 2. The summed E-state index contributed by atoms with van der Waals surface area (Å²) in [5.74, 6) is 0. The molecule has 1 aliphatic rings. The Kier molecular flexibility index (Phi) is 4.08. The van der Waals surface area contributed by atoms with Crippen LogP contribution in [0, 0.1) is 0 Å². The van der Waals surface area contributed by atoms with Crippen molar-refractivity contribution in [2.75, 3.05) is 32.8 Å². The summed E-state index contributed by atoms with van der Waals surface area (Å²) in [6.07, 6.45) is 4.67. The average molecular weight is 171 g/mol. The smallest absolute Gasteiger partial charge is 0.234 e. The zero-order chi connectivity index (χ0) is 8.81. The van der Waals surface area contributed by atoms with E-state index in [4.69, 9.17) is 5.11 Å². The van der Waals surface area contributed by atoms with Crippen LogP contribution in [0.1, 0.15) is 19.8 Å². The van der Waals surface area contributed by atoms with Gasteiger partial charge in [-0.25, -0.2) is 0 Å². The molecule has 0 bridgehead atoms. The molecule has 1 N–H and O–H groups in total. The predicted octanol–water partition coefficient (Wildman–Crippen LogP) is 0.135. The molecule has 0 fully saturated rings. The quantitative estimate of drug-likeness (QED) is 0.595. The molecule has 0 aromatic heterocycles. The molecule has 0 aliphatic carbocycles. The molecule has 0 aromatic carbocycles. The second kappa shape index (κ2) is 5.14. The number of aliphatic hydroxyl groups excluding tert-OH is 1. The molecule has 1 aliphatic heterocycles. The normalized spacial score (nSPS) is 16.8. The molecule has 0 spiro atoms. The average Bonchev–Trinajstić information content (AvgIpc) is 2.50. The Morgan fingerprint density at radius 1 is 1.58 bits per heavy atom. The maximum Gasteiger partial charge on any atom is 0.234 e. The first-order chi connectivity index (χ1) is 5.86. The summed E-state index contributed by atoms with van der Waals surface area (Å²) in [4.78, 5) is 2.18. The summed E-state index contributed by atoms with van der Waals surface area (Å²) < 4.78 is 2.33. The van der Waals surface area contributed by atoms with E-state index in [-0.39, 0.29) is 6.61 Å². The van der Waals surface area contributed by atoms with E-state index in [1.165, 1.54) is 19.4 Å². The van der Waals surface area contributed by atoms with Crippen LogP contribution in [-0.4, -0.2) is 53.7 Å². The van der Waals surface area contributed by atoms with Gasteiger partial charge in [0.1, 0.15) is 19.6 Å². The van der Waals surface area contributed by atoms with Crippen molar-refractivity contribution < 1.29 is 9.68 Å². The molecule has 12 heavy (non-hydrogen) atoms. The van der Waals surface area contributed by atoms with Gasteiger partial charge in [0.15, 0.2) is 0 Å². The van der Waals surface area contributed by atoms with E-state index in [9.17, 15) is 0 Å². The first-order valence-electron chi connectivity index (χ1n) is 4.80. The van der Waals surface area contributed by atoms with Crippen molar-refractivity contribution in [1.29, 1.82) is 0 Å². The summed E-state index contributed by atoms with van der Waals surface area (Å²) >= 11 is 0. The van der Waals surface area contributed by atoms with Crippen LogP contribution in [0.3, 0.4) is 0 Å². The van der Waals surface area contributed by atoms with Crippen molar-refractivity contribution in [1.82, 2.24) is 4.90 Å². The van der Waals surface area contributed by atoms with Gasteiger partial charge in [0.05, 0.1) is 13.2 Å². The minimum atomic E-state index is 0.262. The minimum absolute atomic E-state index is 0.262. The van der Waals surface area contributed by atoms with Gasteiger partial charge in [-0.1, -0.05) is 13.3 Å². The number of hydrogen-bond acceptors (Lipinski definition) is 2. The van der Waals surface area contributed by atoms with E-state index in [1.54, 1.807) is 0 Å². The van der Waals surface area contributed by atoms with Gasteiger partial charge in [0.25, 0.3) is 0 Å². The second-order valence-electron chi connectivity index (χ2n) is 3.26. The number of β-amino-alcohol motifs (C(OH)–C–C–N with tert-alkyl or cyclic N) is 1. The van der Waals surface area contributed by atoms with Gasteiger partial charge in [-0.15, -0.1) is 0 Å². The van der Waals surface area contributed by atoms with E-state index in [0.717, 1.165) is 19.6 Å². The maximum atomic E-state index is 8.71. The fourth-order valence-corrected chi connectivity index (χ4v) is 1.43. The van der Waals surface area contributed by atoms with Crippen molar-refractivity contribution in [3.63, 3.8) is 0 Å². The molecule has 70 valence electrons. The molecule has 3 nitrogen and oxygen atoms in total. The molecule has 0 atom stereocenters. The van der Waals surface area contributed by atoms with Crippen molar-refractivity contribution in [3.05, 3.63) is 0 Å². The van der Waals surface area contributed by atoms with Crippen LogP contribution in [0.25, 0.3) is 0 Å². The van der Waals surface area contributed by atoms with Crippen LogP contribution in [0.5, 0.6) is 0 Å². The van der Waals surface area contributed by atoms with Gasteiger partial charge in [0, 0.05) is 0 Å². The van der Waals surface area contributed by atoms with Gasteiger partial charge >= 0.3 is 0 Å². The van der Waals surface area contributed by atoms with Crippen LogP contribution in [0.2, 0.25) is 0 Å². The molecule has 1 heterocycles. The van der Waals surface area contributed by atoms with Gasteiger partial charge < -0.3 is 5.11 Å². The summed E-state index contributed by atoms with van der Waals surface area (Å²) in [6.45, 7) is 6.62. The molecule has 0 aromatic rings. The van der Waals surface area contributed by atoms with Crippen LogP contribution >= 0.6 is 0 Å². The van der Waals surface area contributed by atoms with E-state index >= 15 is 0 Å². The van der Waals surface area contributed by atoms with Crippen LogP contribution in [-0.2, 0) is 0 Å². The van der Waals surface area contributed by atoms with Gasteiger partial charge in [0.2, 0.25) is 6.34 Å². The predicted molar refractivity (Wildman–Crippen MR) is 49.6 cm³/mol. The zero-order valence-electron chi connectivity index (χ0n) is 7.87. The number of rotatable bonds is 5. The van der Waals surface area contributed by atoms with E-state index < -0.39 is 0 Å². The fraction of sp³-hybridized carbons (Fsp3) is 0.889. The largest absolute Gasteiger partial charge is 0.392 e. The van der Waals surface area contributed by atoms with Crippen molar-refractivity contribution >= 4 is 6.34 Å². The Morgan fingerprint density at radius 3 is 3.08 bits per heavy atom. The van der Waals surface area contributed by atoms with Crippen molar-refractivity contribution in [2.45, 2.75) is 19.8 Å². The topological polar surface area (TPSA) is 26.5 Å². The zero-order valence-corrected chi connectivity index (χ0v) is 7.87.